The monoisotopic (exact) mass is 274 g/mol. The third-order valence-electron chi connectivity index (χ3n) is 3.75. The van der Waals surface area contributed by atoms with Gasteiger partial charge in [0.2, 0.25) is 0 Å². The van der Waals surface area contributed by atoms with Gasteiger partial charge in [0.15, 0.2) is 0 Å². The van der Waals surface area contributed by atoms with Crippen LogP contribution in [0, 0.1) is 0 Å². The summed E-state index contributed by atoms with van der Waals surface area (Å²) in [5.74, 6) is 0. The lowest BCUT2D eigenvalue weighted by atomic mass is 9.75. The van der Waals surface area contributed by atoms with E-state index in [4.69, 9.17) is 0 Å². The largest absolute Gasteiger partial charge is 0.316 e. The van der Waals surface area contributed by atoms with Crippen molar-refractivity contribution in [1.82, 2.24) is 10.3 Å². The van der Waals surface area contributed by atoms with Crippen molar-refractivity contribution in [3.8, 4) is 0 Å². The molecule has 0 fully saturated rings. The fourth-order valence-corrected chi connectivity index (χ4v) is 3.27. The molecule has 0 aliphatic rings. The molecule has 3 heteroatoms. The molecule has 102 valence electrons. The molecule has 2 nitrogen and oxygen atoms in total. The third-order valence-corrected chi connectivity index (χ3v) is 4.53. The summed E-state index contributed by atoms with van der Waals surface area (Å²) in [7, 11) is 0. The molecule has 0 bridgehead atoms. The predicted molar refractivity (Wildman–Crippen MR) is 82.8 cm³/mol. The van der Waals surface area contributed by atoms with Crippen LogP contribution in [0.1, 0.15) is 30.8 Å². The smallest absolute Gasteiger partial charge is 0.0934 e. The number of thiazole rings is 1. The van der Waals surface area contributed by atoms with Crippen molar-refractivity contribution in [2.24, 2.45) is 0 Å². The molecule has 1 aromatic heterocycles. The molecular formula is C16H22N2S. The molecule has 0 aliphatic carbocycles. The highest BCUT2D eigenvalue weighted by Crippen LogP contribution is 2.32. The summed E-state index contributed by atoms with van der Waals surface area (Å²) < 4.78 is 0. The van der Waals surface area contributed by atoms with Crippen LogP contribution in [0.5, 0.6) is 0 Å². The SMILES string of the molecule is CCNCC(CC)(Cc1nccs1)c1ccccc1. The molecule has 1 N–H and O–H groups in total. The van der Waals surface area contributed by atoms with Crippen molar-refractivity contribution in [3.63, 3.8) is 0 Å². The topological polar surface area (TPSA) is 24.9 Å². The first-order chi connectivity index (χ1) is 9.30. The van der Waals surface area contributed by atoms with E-state index >= 15 is 0 Å². The van der Waals surface area contributed by atoms with E-state index in [1.54, 1.807) is 11.3 Å². The van der Waals surface area contributed by atoms with E-state index < -0.39 is 0 Å². The van der Waals surface area contributed by atoms with Crippen molar-refractivity contribution >= 4 is 11.3 Å². The van der Waals surface area contributed by atoms with Gasteiger partial charge in [0.05, 0.1) is 5.01 Å². The van der Waals surface area contributed by atoms with Crippen LogP contribution < -0.4 is 5.32 Å². The number of hydrogen-bond acceptors (Lipinski definition) is 3. The number of aromatic nitrogens is 1. The van der Waals surface area contributed by atoms with E-state index in [0.717, 1.165) is 25.9 Å². The summed E-state index contributed by atoms with van der Waals surface area (Å²) in [6, 6.07) is 10.8. The Balaban J connectivity index is 2.30. The van der Waals surface area contributed by atoms with Crippen molar-refractivity contribution in [3.05, 3.63) is 52.5 Å². The van der Waals surface area contributed by atoms with Gasteiger partial charge in [-0.3, -0.25) is 0 Å². The molecule has 0 radical (unpaired) electrons. The highest BCUT2D eigenvalue weighted by molar-refractivity contribution is 7.09. The van der Waals surface area contributed by atoms with E-state index in [9.17, 15) is 0 Å². The molecule has 2 aromatic rings. The minimum absolute atomic E-state index is 0.148. The number of nitrogens with zero attached hydrogens (tertiary/aromatic N) is 1. The molecule has 2 rings (SSSR count). The average molecular weight is 274 g/mol. The Morgan fingerprint density at radius 3 is 2.58 bits per heavy atom. The minimum atomic E-state index is 0.148. The van der Waals surface area contributed by atoms with Gasteiger partial charge in [-0.15, -0.1) is 11.3 Å². The number of nitrogens with one attached hydrogen (secondary N) is 1. The molecular weight excluding hydrogens is 252 g/mol. The van der Waals surface area contributed by atoms with Crippen molar-refractivity contribution in [2.75, 3.05) is 13.1 Å². The van der Waals surface area contributed by atoms with Gasteiger partial charge in [0.25, 0.3) is 0 Å². The normalized spacial score (nSPS) is 14.2. The molecule has 0 saturated carbocycles. The molecule has 0 spiro atoms. The first-order valence-electron chi connectivity index (χ1n) is 6.95. The second-order valence-electron chi connectivity index (χ2n) is 4.88. The van der Waals surface area contributed by atoms with Gasteiger partial charge in [-0.1, -0.05) is 44.2 Å². The fourth-order valence-electron chi connectivity index (χ4n) is 2.51. The Labute approximate surface area is 119 Å². The van der Waals surface area contributed by atoms with Crippen LogP contribution in [0.2, 0.25) is 0 Å². The van der Waals surface area contributed by atoms with Gasteiger partial charge in [-0.25, -0.2) is 4.98 Å². The van der Waals surface area contributed by atoms with E-state index in [2.05, 4.69) is 59.9 Å². The van der Waals surface area contributed by atoms with Gasteiger partial charge in [0.1, 0.15) is 0 Å². The van der Waals surface area contributed by atoms with Gasteiger partial charge in [-0.2, -0.15) is 0 Å². The molecule has 0 saturated heterocycles. The summed E-state index contributed by atoms with van der Waals surface area (Å²) in [4.78, 5) is 4.47. The van der Waals surface area contributed by atoms with Gasteiger partial charge in [0, 0.05) is 30.0 Å². The van der Waals surface area contributed by atoms with Crippen LogP contribution in [0.25, 0.3) is 0 Å². The third kappa shape index (κ3) is 3.43. The zero-order valence-electron chi connectivity index (χ0n) is 11.7. The van der Waals surface area contributed by atoms with Gasteiger partial charge in [-0.05, 0) is 18.5 Å². The number of likely N-dealkylation sites (N-methyl/N-ethyl adjacent to an activating group) is 1. The first kappa shape index (κ1) is 14.2. The molecule has 0 amide bonds. The summed E-state index contributed by atoms with van der Waals surface area (Å²) in [6.45, 7) is 6.45. The first-order valence-corrected chi connectivity index (χ1v) is 7.83. The maximum absolute atomic E-state index is 4.47. The lowest BCUT2D eigenvalue weighted by molar-refractivity contribution is 0.381. The van der Waals surface area contributed by atoms with Crippen LogP contribution in [0.15, 0.2) is 41.9 Å². The lowest BCUT2D eigenvalue weighted by Crippen LogP contribution is -2.39. The van der Waals surface area contributed by atoms with Crippen molar-refractivity contribution in [1.29, 1.82) is 0 Å². The van der Waals surface area contributed by atoms with E-state index in [1.807, 2.05) is 6.20 Å². The quantitative estimate of drug-likeness (QED) is 0.833. The Kier molecular flexibility index (Phi) is 5.11. The second kappa shape index (κ2) is 6.83. The lowest BCUT2D eigenvalue weighted by Gasteiger charge is -2.33. The summed E-state index contributed by atoms with van der Waals surface area (Å²) in [5, 5.41) is 6.82. The maximum Gasteiger partial charge on any atom is 0.0934 e. The minimum Gasteiger partial charge on any atom is -0.316 e. The molecule has 1 aromatic carbocycles. The van der Waals surface area contributed by atoms with Gasteiger partial charge >= 0.3 is 0 Å². The van der Waals surface area contributed by atoms with Crippen LogP contribution >= 0.6 is 11.3 Å². The van der Waals surface area contributed by atoms with Crippen LogP contribution in [-0.2, 0) is 11.8 Å². The van der Waals surface area contributed by atoms with E-state index in [-0.39, 0.29) is 5.41 Å². The van der Waals surface area contributed by atoms with Crippen LogP contribution in [-0.4, -0.2) is 18.1 Å². The molecule has 1 unspecified atom stereocenters. The fraction of sp³-hybridized carbons (Fsp3) is 0.438. The predicted octanol–water partition coefficient (Wildman–Crippen LogP) is 3.64. The van der Waals surface area contributed by atoms with E-state index in [0.29, 0.717) is 0 Å². The van der Waals surface area contributed by atoms with Crippen molar-refractivity contribution in [2.45, 2.75) is 32.1 Å². The highest BCUT2D eigenvalue weighted by atomic mass is 32.1. The zero-order chi connectivity index (χ0) is 13.6. The molecule has 1 atom stereocenters. The zero-order valence-corrected chi connectivity index (χ0v) is 12.5. The summed E-state index contributed by atoms with van der Waals surface area (Å²) in [5.41, 5.74) is 1.56. The Bertz CT molecular complexity index is 467. The standard InChI is InChI=1S/C16H22N2S/c1-3-16(13-17-4-2,12-15-18-10-11-19-15)14-8-6-5-7-9-14/h5-11,17H,3-4,12-13H2,1-2H3. The molecule has 0 aliphatic heterocycles. The Morgan fingerprint density at radius 2 is 2.00 bits per heavy atom. The van der Waals surface area contributed by atoms with E-state index in [1.165, 1.54) is 10.6 Å². The average Bonchev–Trinajstić information content (AvgIpc) is 2.97. The highest BCUT2D eigenvalue weighted by Gasteiger charge is 2.31. The summed E-state index contributed by atoms with van der Waals surface area (Å²) in [6.07, 6.45) is 4.03. The Morgan fingerprint density at radius 1 is 1.21 bits per heavy atom. The maximum atomic E-state index is 4.47. The number of rotatable bonds is 7. The molecule has 19 heavy (non-hydrogen) atoms. The van der Waals surface area contributed by atoms with Crippen molar-refractivity contribution < 1.29 is 0 Å². The Hall–Kier alpha value is -1.19. The molecule has 1 heterocycles. The van der Waals surface area contributed by atoms with Crippen LogP contribution in [0.3, 0.4) is 0 Å². The van der Waals surface area contributed by atoms with Crippen LogP contribution in [0.4, 0.5) is 0 Å². The second-order valence-corrected chi connectivity index (χ2v) is 5.86. The van der Waals surface area contributed by atoms with Gasteiger partial charge < -0.3 is 5.32 Å². The summed E-state index contributed by atoms with van der Waals surface area (Å²) >= 11 is 1.75. The number of hydrogen-bond donors (Lipinski definition) is 1. The number of benzene rings is 1.